The zero-order valence-electron chi connectivity index (χ0n) is 13.4. The van der Waals surface area contributed by atoms with Gasteiger partial charge in [0.1, 0.15) is 6.79 Å². The van der Waals surface area contributed by atoms with Crippen LogP contribution in [0.25, 0.3) is 0 Å². The van der Waals surface area contributed by atoms with Crippen LogP contribution in [-0.2, 0) is 9.47 Å². The van der Waals surface area contributed by atoms with E-state index in [4.69, 9.17) is 9.47 Å². The van der Waals surface area contributed by atoms with E-state index < -0.39 is 0 Å². The minimum absolute atomic E-state index is 0.171. The first-order valence-corrected chi connectivity index (χ1v) is 8.12. The second-order valence-electron chi connectivity index (χ2n) is 6.60. The number of fused-ring (bicyclic) bond motifs is 1. The van der Waals surface area contributed by atoms with E-state index in [1.165, 1.54) is 49.7 Å². The molecule has 0 aliphatic heterocycles. The van der Waals surface area contributed by atoms with Crippen molar-refractivity contribution in [2.45, 2.75) is 64.9 Å². The molecule has 20 heavy (non-hydrogen) atoms. The molecule has 0 spiro atoms. The first kappa shape index (κ1) is 15.8. The molecule has 0 N–H and O–H groups in total. The summed E-state index contributed by atoms with van der Waals surface area (Å²) >= 11 is 0. The molecule has 2 nitrogen and oxygen atoms in total. The van der Waals surface area contributed by atoms with E-state index in [1.54, 1.807) is 7.11 Å². The van der Waals surface area contributed by atoms with E-state index in [9.17, 15) is 0 Å². The lowest BCUT2D eigenvalue weighted by Crippen LogP contribution is -2.13. The van der Waals surface area contributed by atoms with Crippen molar-refractivity contribution in [3.63, 3.8) is 0 Å². The summed E-state index contributed by atoms with van der Waals surface area (Å²) in [6, 6.07) is 0. The highest BCUT2D eigenvalue weighted by atomic mass is 16.7. The van der Waals surface area contributed by atoms with E-state index in [-0.39, 0.29) is 6.10 Å². The fourth-order valence-electron chi connectivity index (χ4n) is 3.69. The highest BCUT2D eigenvalue weighted by Crippen LogP contribution is 2.38. The van der Waals surface area contributed by atoms with E-state index in [1.807, 2.05) is 0 Å². The largest absolute Gasteiger partial charge is 0.359 e. The van der Waals surface area contributed by atoms with E-state index in [0.29, 0.717) is 6.79 Å². The molecule has 3 atom stereocenters. The maximum atomic E-state index is 5.80. The molecule has 0 unspecified atom stereocenters. The summed E-state index contributed by atoms with van der Waals surface area (Å²) < 4.78 is 10.9. The van der Waals surface area contributed by atoms with Gasteiger partial charge in [0.15, 0.2) is 0 Å². The molecule has 2 rings (SSSR count). The van der Waals surface area contributed by atoms with Crippen LogP contribution >= 0.6 is 0 Å². The van der Waals surface area contributed by atoms with Crippen molar-refractivity contribution in [1.82, 2.24) is 0 Å². The monoisotopic (exact) mass is 278 g/mol. The maximum absolute atomic E-state index is 5.80. The lowest BCUT2D eigenvalue weighted by molar-refractivity contribution is -0.0551. The molecule has 0 aromatic carbocycles. The van der Waals surface area contributed by atoms with E-state index >= 15 is 0 Å². The number of hydrogen-bond acceptors (Lipinski definition) is 2. The van der Waals surface area contributed by atoms with Crippen molar-refractivity contribution < 1.29 is 9.47 Å². The molecule has 2 aliphatic rings. The average Bonchev–Trinajstić information content (AvgIpc) is 2.86. The molecule has 0 aromatic heterocycles. The van der Waals surface area contributed by atoms with E-state index in [2.05, 4.69) is 26.0 Å². The molecule has 1 fully saturated rings. The maximum Gasteiger partial charge on any atom is 0.147 e. The molecule has 0 heterocycles. The Balaban J connectivity index is 2.06. The Bertz CT molecular complexity index is 356. The summed E-state index contributed by atoms with van der Waals surface area (Å²) in [5, 5.41) is 0. The van der Waals surface area contributed by atoms with Gasteiger partial charge in [-0.05, 0) is 57.8 Å². The Morgan fingerprint density at radius 3 is 2.70 bits per heavy atom. The summed E-state index contributed by atoms with van der Waals surface area (Å²) in [6.07, 6.45) is 14.1. The predicted octanol–water partition coefficient (Wildman–Crippen LogP) is 4.86. The van der Waals surface area contributed by atoms with Crippen LogP contribution in [0.3, 0.4) is 0 Å². The minimum Gasteiger partial charge on any atom is -0.359 e. The SMILES string of the molecule is COCO[C@@H]1/C=C(\C)CC[C@H]2CCC[C@@H]2C/C=C(\C)C1. The van der Waals surface area contributed by atoms with Gasteiger partial charge < -0.3 is 9.47 Å². The highest BCUT2D eigenvalue weighted by molar-refractivity contribution is 5.10. The summed E-state index contributed by atoms with van der Waals surface area (Å²) in [5.74, 6) is 1.87. The number of ether oxygens (including phenoxy) is 2. The molecule has 2 aliphatic carbocycles. The highest BCUT2D eigenvalue weighted by Gasteiger charge is 2.26. The van der Waals surface area contributed by atoms with Gasteiger partial charge in [-0.15, -0.1) is 0 Å². The van der Waals surface area contributed by atoms with Crippen LogP contribution in [0.4, 0.5) is 0 Å². The Morgan fingerprint density at radius 1 is 1.10 bits per heavy atom. The lowest BCUT2D eigenvalue weighted by atomic mass is 9.88. The fourth-order valence-corrected chi connectivity index (χ4v) is 3.69. The topological polar surface area (TPSA) is 18.5 Å². The Labute approximate surface area is 124 Å². The van der Waals surface area contributed by atoms with Gasteiger partial charge in [0.2, 0.25) is 0 Å². The van der Waals surface area contributed by atoms with Crippen LogP contribution in [0, 0.1) is 11.8 Å². The van der Waals surface area contributed by atoms with Crippen LogP contribution in [0.2, 0.25) is 0 Å². The molecule has 0 saturated heterocycles. The molecule has 114 valence electrons. The van der Waals surface area contributed by atoms with Crippen LogP contribution < -0.4 is 0 Å². The summed E-state index contributed by atoms with van der Waals surface area (Å²) in [6.45, 7) is 4.88. The minimum atomic E-state index is 0.171. The van der Waals surface area contributed by atoms with Crippen molar-refractivity contribution in [2.24, 2.45) is 11.8 Å². The van der Waals surface area contributed by atoms with Gasteiger partial charge in [-0.3, -0.25) is 0 Å². The summed E-state index contributed by atoms with van der Waals surface area (Å²) in [7, 11) is 1.69. The first-order chi connectivity index (χ1) is 9.69. The predicted molar refractivity (Wildman–Crippen MR) is 83.6 cm³/mol. The molecular formula is C18H30O2. The van der Waals surface area contributed by atoms with Crippen molar-refractivity contribution in [2.75, 3.05) is 13.9 Å². The van der Waals surface area contributed by atoms with Gasteiger partial charge in [-0.2, -0.15) is 0 Å². The second-order valence-corrected chi connectivity index (χ2v) is 6.60. The third-order valence-electron chi connectivity index (χ3n) is 4.89. The standard InChI is InChI=1S/C18H30O2/c1-14-7-9-16-5-4-6-17(16)10-8-15(2)12-18(11-14)20-13-19-3/h7,12,16-18H,4-6,8-11,13H2,1-3H3/b14-7+,15-12+/t16-,17-,18+/m1/s1. The van der Waals surface area contributed by atoms with Crippen molar-refractivity contribution in [3.05, 3.63) is 23.3 Å². The number of hydrogen-bond donors (Lipinski definition) is 0. The first-order valence-electron chi connectivity index (χ1n) is 8.12. The van der Waals surface area contributed by atoms with Gasteiger partial charge in [0, 0.05) is 7.11 Å². The van der Waals surface area contributed by atoms with Gasteiger partial charge in [-0.25, -0.2) is 0 Å². The molecular weight excluding hydrogens is 248 g/mol. The molecule has 0 aromatic rings. The zero-order valence-corrected chi connectivity index (χ0v) is 13.4. The van der Waals surface area contributed by atoms with Gasteiger partial charge in [0.05, 0.1) is 6.10 Å². The summed E-state index contributed by atoms with van der Waals surface area (Å²) in [5.41, 5.74) is 2.94. The quantitative estimate of drug-likeness (QED) is 0.542. The molecule has 0 radical (unpaired) electrons. The van der Waals surface area contributed by atoms with Gasteiger partial charge in [0.25, 0.3) is 0 Å². The molecule has 2 heteroatoms. The zero-order chi connectivity index (χ0) is 14.4. The Morgan fingerprint density at radius 2 is 1.90 bits per heavy atom. The third kappa shape index (κ3) is 4.75. The molecule has 0 bridgehead atoms. The molecule has 1 saturated carbocycles. The van der Waals surface area contributed by atoms with Crippen LogP contribution in [0.1, 0.15) is 58.8 Å². The normalized spacial score (nSPS) is 37.2. The lowest BCUT2D eigenvalue weighted by Gasteiger charge is -2.18. The van der Waals surface area contributed by atoms with Crippen LogP contribution in [-0.4, -0.2) is 20.0 Å². The third-order valence-corrected chi connectivity index (χ3v) is 4.89. The van der Waals surface area contributed by atoms with E-state index in [0.717, 1.165) is 18.3 Å². The Hall–Kier alpha value is -0.600. The fraction of sp³-hybridized carbons (Fsp3) is 0.778. The smallest absolute Gasteiger partial charge is 0.147 e. The molecule has 0 amide bonds. The second kappa shape index (κ2) is 7.99. The Kier molecular flexibility index (Phi) is 6.31. The van der Waals surface area contributed by atoms with Crippen molar-refractivity contribution in [1.29, 1.82) is 0 Å². The summed E-state index contributed by atoms with van der Waals surface area (Å²) in [4.78, 5) is 0. The number of methoxy groups -OCH3 is 1. The van der Waals surface area contributed by atoms with Crippen LogP contribution in [0.15, 0.2) is 23.3 Å². The van der Waals surface area contributed by atoms with Gasteiger partial charge >= 0.3 is 0 Å². The van der Waals surface area contributed by atoms with Crippen molar-refractivity contribution >= 4 is 0 Å². The van der Waals surface area contributed by atoms with Crippen molar-refractivity contribution in [3.8, 4) is 0 Å². The van der Waals surface area contributed by atoms with Gasteiger partial charge in [-0.1, -0.05) is 36.1 Å². The van der Waals surface area contributed by atoms with Crippen LogP contribution in [0.5, 0.6) is 0 Å². The number of allylic oxidation sites excluding steroid dienone is 2. The number of rotatable bonds is 3. The average molecular weight is 278 g/mol.